The maximum Gasteiger partial charge on any atom is 0.232 e. The quantitative estimate of drug-likeness (QED) is 0.463. The first-order chi connectivity index (χ1) is 6.19. The molecule has 0 radical (unpaired) electrons. The molecule has 0 amide bonds. The van der Waals surface area contributed by atoms with Crippen molar-refractivity contribution in [3.05, 3.63) is 11.6 Å². The van der Waals surface area contributed by atoms with E-state index in [2.05, 4.69) is 6.08 Å². The molecule has 13 heavy (non-hydrogen) atoms. The highest BCUT2D eigenvalue weighted by Gasteiger charge is 2.78. The Kier molecular flexibility index (Phi) is 0.882. The van der Waals surface area contributed by atoms with Crippen LogP contribution in [0.3, 0.4) is 0 Å². The molecule has 68 valence electrons. The molecule has 0 heterocycles. The first kappa shape index (κ1) is 7.05. The highest BCUT2D eigenvalue weighted by Crippen LogP contribution is 2.83. The van der Waals surface area contributed by atoms with Crippen molar-refractivity contribution in [3.63, 3.8) is 0 Å². The zero-order valence-electron chi connectivity index (χ0n) is 7.35. The standard InChI is InChI=1S/C11H11ClO/c12-9(13)10-3-6-1-7-2-8(5-10)11(7,10)4-6/h5-7H,1-4H2. The number of carbonyl (C=O) groups excluding carboxylic acids is 1. The minimum atomic E-state index is -0.185. The Morgan fingerprint density at radius 1 is 1.54 bits per heavy atom. The molecule has 0 aromatic carbocycles. The topological polar surface area (TPSA) is 17.1 Å². The summed E-state index contributed by atoms with van der Waals surface area (Å²) in [6.07, 6.45) is 7.14. The van der Waals surface area contributed by atoms with E-state index < -0.39 is 0 Å². The summed E-state index contributed by atoms with van der Waals surface area (Å²) in [4.78, 5) is 11.5. The van der Waals surface area contributed by atoms with Crippen LogP contribution >= 0.6 is 11.6 Å². The lowest BCUT2D eigenvalue weighted by molar-refractivity contribution is -0.132. The van der Waals surface area contributed by atoms with Gasteiger partial charge in [0.15, 0.2) is 0 Å². The number of rotatable bonds is 1. The predicted molar refractivity (Wildman–Crippen MR) is 49.3 cm³/mol. The molecule has 0 N–H and O–H groups in total. The van der Waals surface area contributed by atoms with Crippen LogP contribution in [0.1, 0.15) is 25.7 Å². The van der Waals surface area contributed by atoms with Crippen LogP contribution in [0.2, 0.25) is 0 Å². The van der Waals surface area contributed by atoms with Crippen molar-refractivity contribution in [2.24, 2.45) is 22.7 Å². The van der Waals surface area contributed by atoms with E-state index in [1.54, 1.807) is 5.57 Å². The first-order valence-corrected chi connectivity index (χ1v) is 5.49. The molecule has 2 heteroatoms. The second-order valence-electron chi connectivity index (χ2n) is 5.30. The lowest BCUT2D eigenvalue weighted by Crippen LogP contribution is -2.60. The number of allylic oxidation sites excluding steroid dienone is 2. The Morgan fingerprint density at radius 3 is 2.92 bits per heavy atom. The average molecular weight is 195 g/mol. The van der Waals surface area contributed by atoms with Crippen molar-refractivity contribution in [1.29, 1.82) is 0 Å². The summed E-state index contributed by atoms with van der Waals surface area (Å²) < 4.78 is 0. The summed E-state index contributed by atoms with van der Waals surface area (Å²) in [5, 5.41) is -0.0804. The maximum atomic E-state index is 11.5. The van der Waals surface area contributed by atoms with E-state index >= 15 is 0 Å². The van der Waals surface area contributed by atoms with Crippen LogP contribution in [0.4, 0.5) is 0 Å². The van der Waals surface area contributed by atoms with Crippen molar-refractivity contribution in [3.8, 4) is 0 Å². The fourth-order valence-corrected chi connectivity index (χ4v) is 5.11. The van der Waals surface area contributed by atoms with E-state index in [0.717, 1.165) is 18.3 Å². The maximum absolute atomic E-state index is 11.5. The number of hydrogen-bond donors (Lipinski definition) is 0. The predicted octanol–water partition coefficient (Wildman–Crippen LogP) is 2.50. The molecule has 0 saturated heterocycles. The van der Waals surface area contributed by atoms with E-state index in [1.807, 2.05) is 0 Å². The van der Waals surface area contributed by atoms with Gasteiger partial charge in [0.2, 0.25) is 5.24 Å². The van der Waals surface area contributed by atoms with Gasteiger partial charge in [0.05, 0.1) is 5.41 Å². The molecule has 0 aromatic rings. The van der Waals surface area contributed by atoms with Crippen LogP contribution < -0.4 is 0 Å². The zero-order chi connectivity index (χ0) is 8.84. The SMILES string of the molecule is O=C(Cl)C12C=C3CC4CC(C1)CC342. The third-order valence-corrected chi connectivity index (χ3v) is 5.48. The summed E-state index contributed by atoms with van der Waals surface area (Å²) in [7, 11) is 0. The molecule has 3 fully saturated rings. The Labute approximate surface area is 82.1 Å². The van der Waals surface area contributed by atoms with Crippen molar-refractivity contribution in [2.75, 3.05) is 0 Å². The number of hydrogen-bond acceptors (Lipinski definition) is 1. The minimum absolute atomic E-state index is 0.0804. The van der Waals surface area contributed by atoms with Gasteiger partial charge in [-0.3, -0.25) is 4.79 Å². The molecule has 1 spiro atoms. The van der Waals surface area contributed by atoms with Crippen LogP contribution in [-0.4, -0.2) is 5.24 Å². The lowest BCUT2D eigenvalue weighted by atomic mass is 9.39. The molecule has 4 unspecified atom stereocenters. The third-order valence-electron chi connectivity index (χ3n) is 5.14. The van der Waals surface area contributed by atoms with Gasteiger partial charge in [-0.2, -0.15) is 0 Å². The van der Waals surface area contributed by atoms with Gasteiger partial charge in [0.1, 0.15) is 0 Å². The smallest absolute Gasteiger partial charge is 0.232 e. The molecule has 4 rings (SSSR count). The zero-order valence-corrected chi connectivity index (χ0v) is 8.10. The fraction of sp³-hybridized carbons (Fsp3) is 0.727. The molecular formula is C11H11ClO. The Morgan fingerprint density at radius 2 is 2.38 bits per heavy atom. The van der Waals surface area contributed by atoms with E-state index in [4.69, 9.17) is 11.6 Å². The van der Waals surface area contributed by atoms with Crippen molar-refractivity contribution < 1.29 is 4.79 Å². The van der Waals surface area contributed by atoms with Crippen molar-refractivity contribution in [1.82, 2.24) is 0 Å². The highest BCUT2D eigenvalue weighted by atomic mass is 35.5. The van der Waals surface area contributed by atoms with E-state index in [1.165, 1.54) is 19.3 Å². The molecule has 0 aromatic heterocycles. The summed E-state index contributed by atoms with van der Waals surface area (Å²) in [6, 6.07) is 0. The van der Waals surface area contributed by atoms with E-state index in [9.17, 15) is 4.79 Å². The van der Waals surface area contributed by atoms with Crippen LogP contribution in [-0.2, 0) is 4.79 Å². The molecule has 0 aliphatic heterocycles. The van der Waals surface area contributed by atoms with Gasteiger partial charge in [-0.25, -0.2) is 0 Å². The third kappa shape index (κ3) is 0.446. The van der Waals surface area contributed by atoms with Gasteiger partial charge in [-0.15, -0.1) is 0 Å². The van der Waals surface area contributed by atoms with Crippen molar-refractivity contribution in [2.45, 2.75) is 25.7 Å². The molecule has 2 bridgehead atoms. The van der Waals surface area contributed by atoms with Gasteiger partial charge in [0, 0.05) is 5.41 Å². The second-order valence-corrected chi connectivity index (χ2v) is 5.64. The molecule has 4 aliphatic rings. The monoisotopic (exact) mass is 194 g/mol. The lowest BCUT2D eigenvalue weighted by Gasteiger charge is -2.64. The molecular weight excluding hydrogens is 184 g/mol. The minimum Gasteiger partial charge on any atom is -0.280 e. The highest BCUT2D eigenvalue weighted by molar-refractivity contribution is 6.65. The van der Waals surface area contributed by atoms with Gasteiger partial charge in [-0.05, 0) is 49.1 Å². The first-order valence-electron chi connectivity index (χ1n) is 5.11. The van der Waals surface area contributed by atoms with E-state index in [0.29, 0.717) is 5.41 Å². The van der Waals surface area contributed by atoms with Gasteiger partial charge < -0.3 is 0 Å². The summed E-state index contributed by atoms with van der Waals surface area (Å²) in [6.45, 7) is 0. The number of halogens is 1. The van der Waals surface area contributed by atoms with Gasteiger partial charge in [-0.1, -0.05) is 11.6 Å². The van der Waals surface area contributed by atoms with Crippen LogP contribution in [0, 0.1) is 22.7 Å². The van der Waals surface area contributed by atoms with Gasteiger partial charge in [0.25, 0.3) is 0 Å². The Balaban J connectivity index is 1.96. The van der Waals surface area contributed by atoms with Crippen LogP contribution in [0.15, 0.2) is 11.6 Å². The molecule has 4 atom stereocenters. The van der Waals surface area contributed by atoms with Gasteiger partial charge >= 0.3 is 0 Å². The second kappa shape index (κ2) is 1.63. The Bertz CT molecular complexity index is 372. The van der Waals surface area contributed by atoms with Crippen LogP contribution in [0.25, 0.3) is 0 Å². The van der Waals surface area contributed by atoms with Crippen LogP contribution in [0.5, 0.6) is 0 Å². The largest absolute Gasteiger partial charge is 0.280 e. The van der Waals surface area contributed by atoms with E-state index in [-0.39, 0.29) is 10.7 Å². The molecule has 1 nitrogen and oxygen atoms in total. The fourth-order valence-electron chi connectivity index (χ4n) is 4.81. The number of carbonyl (C=O) groups is 1. The summed E-state index contributed by atoms with van der Waals surface area (Å²) >= 11 is 5.76. The normalized spacial score (nSPS) is 59.3. The Hall–Kier alpha value is -0.300. The molecule has 4 aliphatic carbocycles. The number of fused-ring (bicyclic) bond motifs is 1. The average Bonchev–Trinajstić information content (AvgIpc) is 2.48. The summed E-state index contributed by atoms with van der Waals surface area (Å²) in [5.74, 6) is 1.61. The molecule has 3 saturated carbocycles. The summed E-state index contributed by atoms with van der Waals surface area (Å²) in [5.41, 5.74) is 1.68. The van der Waals surface area contributed by atoms with Crippen molar-refractivity contribution >= 4 is 16.8 Å².